The van der Waals surface area contributed by atoms with Crippen LogP contribution < -0.4 is 38.1 Å². The number of amides is 5. The summed E-state index contributed by atoms with van der Waals surface area (Å²) in [5, 5.41) is 23.1. The predicted molar refractivity (Wildman–Crippen MR) is 205 cm³/mol. The Hall–Kier alpha value is -4.37. The van der Waals surface area contributed by atoms with Crippen LogP contribution in [0.15, 0.2) is 48.5 Å². The third-order valence-electron chi connectivity index (χ3n) is 8.70. The highest BCUT2D eigenvalue weighted by atomic mass is 35.5. The molecule has 0 radical (unpaired) electrons. The second-order valence-electron chi connectivity index (χ2n) is 13.1. The van der Waals surface area contributed by atoms with Crippen molar-refractivity contribution in [3.05, 3.63) is 59.7 Å². The van der Waals surface area contributed by atoms with Crippen LogP contribution in [0.25, 0.3) is 11.1 Å². The lowest BCUT2D eigenvalue weighted by molar-refractivity contribution is -0.135. The molecule has 0 aliphatic rings. The van der Waals surface area contributed by atoms with Gasteiger partial charge >= 0.3 is 0 Å². The van der Waals surface area contributed by atoms with E-state index in [-0.39, 0.29) is 25.3 Å². The number of aryl methyl sites for hydroxylation is 1. The second kappa shape index (κ2) is 23.3. The quantitative estimate of drug-likeness (QED) is 0.0604. The van der Waals surface area contributed by atoms with Gasteiger partial charge in [0.05, 0.1) is 18.0 Å². The minimum Gasteiger partial charge on any atom is -0.391 e. The van der Waals surface area contributed by atoms with Gasteiger partial charge in [-0.1, -0.05) is 49.7 Å². The molecule has 0 bridgehead atoms. The molecule has 0 aliphatic carbocycles. The largest absolute Gasteiger partial charge is 0.391 e. The molecule has 0 aliphatic heterocycles. The van der Waals surface area contributed by atoms with Gasteiger partial charge in [-0.3, -0.25) is 28.8 Å². The van der Waals surface area contributed by atoms with Crippen LogP contribution >= 0.6 is 11.6 Å². The summed E-state index contributed by atoms with van der Waals surface area (Å²) in [6.45, 7) is 6.69. The van der Waals surface area contributed by atoms with E-state index in [0.29, 0.717) is 24.9 Å². The third-order valence-corrected chi connectivity index (χ3v) is 8.96. The van der Waals surface area contributed by atoms with E-state index in [1.165, 1.54) is 26.3 Å². The Morgan fingerprint density at radius 3 is 1.77 bits per heavy atom. The van der Waals surface area contributed by atoms with E-state index in [2.05, 4.69) is 45.6 Å². The van der Waals surface area contributed by atoms with Gasteiger partial charge in [0.2, 0.25) is 23.6 Å². The number of Topliss-reactive ketones (excluding diaryl/α,β-unsaturated/α-hetero) is 1. The van der Waals surface area contributed by atoms with E-state index in [9.17, 15) is 33.9 Å². The summed E-state index contributed by atoms with van der Waals surface area (Å²) in [5.74, 6) is -4.20. The van der Waals surface area contributed by atoms with E-state index < -0.39 is 71.6 Å². The van der Waals surface area contributed by atoms with Gasteiger partial charge in [0.1, 0.15) is 24.2 Å². The van der Waals surface area contributed by atoms with Gasteiger partial charge in [0.15, 0.2) is 5.78 Å². The molecule has 2 rings (SSSR count). The lowest BCUT2D eigenvalue weighted by Crippen LogP contribution is -2.60. The van der Waals surface area contributed by atoms with Gasteiger partial charge in [-0.05, 0) is 101 Å². The molecule has 14 nitrogen and oxygen atoms in total. The number of rotatable bonds is 23. The smallest absolute Gasteiger partial charge is 0.251 e. The van der Waals surface area contributed by atoms with Gasteiger partial charge in [0.25, 0.3) is 5.91 Å². The average molecular weight is 758 g/mol. The first-order valence-electron chi connectivity index (χ1n) is 18.1. The van der Waals surface area contributed by atoms with Crippen molar-refractivity contribution in [3.63, 3.8) is 0 Å². The SMILES string of the molecule is CCCCc1ccc(-c2ccc(C(=O)N[C@@H](CCN)C(=O)N[C@H](C(=O)N[C@@H](C)C(=O)N[C@@H](CCCCN)C(=O)N[C@@H](C)C(=O)CCl)[C@@H](C)O)cc2)cc1. The van der Waals surface area contributed by atoms with Crippen molar-refractivity contribution < 1.29 is 33.9 Å². The minimum atomic E-state index is -1.51. The topological polar surface area (TPSA) is 235 Å². The van der Waals surface area contributed by atoms with Crippen LogP contribution in [-0.4, -0.2) is 95.7 Å². The maximum atomic E-state index is 13.3. The number of ketones is 1. The highest BCUT2D eigenvalue weighted by molar-refractivity contribution is 6.28. The fourth-order valence-electron chi connectivity index (χ4n) is 5.33. The van der Waals surface area contributed by atoms with E-state index in [4.69, 9.17) is 23.1 Å². The van der Waals surface area contributed by atoms with Crippen molar-refractivity contribution >= 4 is 46.9 Å². The van der Waals surface area contributed by atoms with Crippen molar-refractivity contribution in [3.8, 4) is 11.1 Å². The van der Waals surface area contributed by atoms with Crippen molar-refractivity contribution in [2.75, 3.05) is 19.0 Å². The number of benzene rings is 2. The molecule has 2 aromatic rings. The Balaban J connectivity index is 2.06. The van der Waals surface area contributed by atoms with Gasteiger partial charge in [-0.2, -0.15) is 0 Å². The fourth-order valence-corrected chi connectivity index (χ4v) is 5.56. The maximum absolute atomic E-state index is 13.3. The molecule has 0 heterocycles. The number of nitrogens with one attached hydrogen (secondary N) is 5. The molecule has 0 saturated heterocycles. The van der Waals surface area contributed by atoms with Crippen LogP contribution in [0.4, 0.5) is 0 Å². The second-order valence-corrected chi connectivity index (χ2v) is 13.4. The number of carbonyl (C=O) groups excluding carboxylic acids is 6. The number of nitrogens with two attached hydrogens (primary N) is 2. The van der Waals surface area contributed by atoms with E-state index in [0.717, 1.165) is 30.4 Å². The van der Waals surface area contributed by atoms with Crippen molar-refractivity contribution in [2.45, 2.75) is 109 Å². The highest BCUT2D eigenvalue weighted by Gasteiger charge is 2.32. The van der Waals surface area contributed by atoms with Crippen LogP contribution in [0.2, 0.25) is 0 Å². The normalized spacial score (nSPS) is 14.4. The zero-order valence-corrected chi connectivity index (χ0v) is 31.8. The Bertz CT molecular complexity index is 1510. The first-order valence-corrected chi connectivity index (χ1v) is 18.7. The van der Waals surface area contributed by atoms with Gasteiger partial charge in [-0.15, -0.1) is 11.6 Å². The van der Waals surface area contributed by atoms with Crippen molar-refractivity contribution in [2.24, 2.45) is 11.5 Å². The Kier molecular flexibility index (Phi) is 19.7. The molecular weight excluding hydrogens is 702 g/mol. The number of aliphatic hydroxyl groups is 1. The molecule has 0 unspecified atom stereocenters. The number of unbranched alkanes of at least 4 members (excludes halogenated alkanes) is 2. The average Bonchev–Trinajstić information content (AvgIpc) is 3.14. The van der Waals surface area contributed by atoms with E-state index >= 15 is 0 Å². The summed E-state index contributed by atoms with van der Waals surface area (Å²) in [4.78, 5) is 77.6. The predicted octanol–water partition coefficient (Wildman–Crippen LogP) is 1.44. The molecule has 6 atom stereocenters. The molecule has 53 heavy (non-hydrogen) atoms. The summed E-state index contributed by atoms with van der Waals surface area (Å²) >= 11 is 5.59. The monoisotopic (exact) mass is 757 g/mol. The Morgan fingerprint density at radius 2 is 1.23 bits per heavy atom. The molecule has 15 heteroatoms. The number of hydrogen-bond acceptors (Lipinski definition) is 9. The lowest BCUT2D eigenvalue weighted by Gasteiger charge is -2.26. The molecule has 2 aromatic carbocycles. The molecule has 10 N–H and O–H groups in total. The van der Waals surface area contributed by atoms with Crippen LogP contribution in [0.5, 0.6) is 0 Å². The number of alkyl halides is 1. The van der Waals surface area contributed by atoms with E-state index in [1.54, 1.807) is 12.1 Å². The fraction of sp³-hybridized carbons (Fsp3) is 0.526. The number of carbonyl (C=O) groups is 6. The molecule has 0 aromatic heterocycles. The minimum absolute atomic E-state index is 0.0349. The van der Waals surface area contributed by atoms with Crippen LogP contribution in [-0.2, 0) is 30.4 Å². The van der Waals surface area contributed by atoms with Crippen molar-refractivity contribution in [1.29, 1.82) is 0 Å². The first-order chi connectivity index (χ1) is 25.3. The number of aliphatic hydroxyl groups excluding tert-OH is 1. The Labute approximate surface area is 316 Å². The molecule has 5 amide bonds. The molecular formula is C38H56ClN7O7. The Morgan fingerprint density at radius 1 is 0.660 bits per heavy atom. The molecule has 0 fully saturated rings. The maximum Gasteiger partial charge on any atom is 0.251 e. The number of hydrogen-bond donors (Lipinski definition) is 8. The summed E-state index contributed by atoms with van der Waals surface area (Å²) in [6, 6.07) is 9.45. The lowest BCUT2D eigenvalue weighted by atomic mass is 10.0. The summed E-state index contributed by atoms with van der Waals surface area (Å²) in [7, 11) is 0. The third kappa shape index (κ3) is 14.9. The van der Waals surface area contributed by atoms with Crippen LogP contribution in [0.3, 0.4) is 0 Å². The van der Waals surface area contributed by atoms with Gasteiger partial charge < -0.3 is 43.2 Å². The molecule has 292 valence electrons. The van der Waals surface area contributed by atoms with Crippen LogP contribution in [0.1, 0.15) is 82.1 Å². The zero-order chi connectivity index (χ0) is 39.5. The highest BCUT2D eigenvalue weighted by Crippen LogP contribution is 2.21. The van der Waals surface area contributed by atoms with Crippen LogP contribution in [0, 0.1) is 0 Å². The first kappa shape index (κ1) is 44.8. The molecule has 0 saturated carbocycles. The summed E-state index contributed by atoms with van der Waals surface area (Å²) < 4.78 is 0. The standard InChI is InChI=1S/C38H56ClN7O7/c1-5-6-9-26-11-13-27(14-12-26)28-15-17-29(18-16-28)35(50)45-31(19-21-41)37(52)46-33(25(4)47)38(53)43-24(3)34(49)44-30(10-7-8-20-40)36(51)42-23(2)32(48)22-39/h11-18,23-25,30-31,33,47H,5-10,19-22,40-41H2,1-4H3,(H,42,51)(H,43,53)(H,44,49)(H,45,50)(H,46,52)/t23-,24-,25+,30-,31-,33-/m0/s1. The zero-order valence-electron chi connectivity index (χ0n) is 31.1. The summed E-state index contributed by atoms with van der Waals surface area (Å²) in [5.41, 5.74) is 14.8. The van der Waals surface area contributed by atoms with Crippen molar-refractivity contribution in [1.82, 2.24) is 26.6 Å². The summed E-state index contributed by atoms with van der Waals surface area (Å²) in [6.07, 6.45) is 3.22. The molecule has 0 spiro atoms. The van der Waals surface area contributed by atoms with Gasteiger partial charge in [-0.25, -0.2) is 0 Å². The van der Waals surface area contributed by atoms with Gasteiger partial charge in [0, 0.05) is 5.56 Å². The van der Waals surface area contributed by atoms with E-state index in [1.807, 2.05) is 24.3 Å². The number of halogens is 1.